The summed E-state index contributed by atoms with van der Waals surface area (Å²) < 4.78 is 0. The van der Waals surface area contributed by atoms with E-state index in [1.165, 1.54) is 44.9 Å². The summed E-state index contributed by atoms with van der Waals surface area (Å²) >= 11 is 0. The Balaban J connectivity index is 2.03. The topological polar surface area (TPSA) is 29.3 Å². The van der Waals surface area contributed by atoms with Gasteiger partial charge in [-0.25, -0.2) is 5.84 Å². The van der Waals surface area contributed by atoms with Crippen molar-refractivity contribution in [3.05, 3.63) is 30.3 Å². The Hall–Kier alpha value is -1.02. The van der Waals surface area contributed by atoms with Crippen LogP contribution in [0.3, 0.4) is 0 Å². The first kappa shape index (κ1) is 14.0. The van der Waals surface area contributed by atoms with Gasteiger partial charge in [0, 0.05) is 6.54 Å². The Morgan fingerprint density at radius 1 is 0.882 bits per heavy atom. The Morgan fingerprint density at radius 3 is 2.12 bits per heavy atom. The van der Waals surface area contributed by atoms with Gasteiger partial charge in [0.1, 0.15) is 0 Å². The van der Waals surface area contributed by atoms with E-state index in [-0.39, 0.29) is 0 Å². The first-order valence-corrected chi connectivity index (χ1v) is 6.92. The van der Waals surface area contributed by atoms with Gasteiger partial charge in [-0.3, -0.25) is 0 Å². The predicted molar refractivity (Wildman–Crippen MR) is 76.0 cm³/mol. The van der Waals surface area contributed by atoms with Crippen LogP contribution in [0.4, 0.5) is 5.69 Å². The number of rotatable bonds is 9. The molecular formula is C15H26N2. The molecule has 0 bridgehead atoms. The van der Waals surface area contributed by atoms with Crippen molar-refractivity contribution in [2.45, 2.75) is 51.9 Å². The van der Waals surface area contributed by atoms with Crippen molar-refractivity contribution in [3.63, 3.8) is 0 Å². The number of anilines is 1. The number of unbranched alkanes of at least 4 members (excludes halogenated alkanes) is 6. The Morgan fingerprint density at radius 2 is 1.47 bits per heavy atom. The molecule has 1 rings (SSSR count). The van der Waals surface area contributed by atoms with Gasteiger partial charge in [0.25, 0.3) is 0 Å². The average Bonchev–Trinajstić information content (AvgIpc) is 2.38. The maximum absolute atomic E-state index is 5.99. The van der Waals surface area contributed by atoms with Crippen LogP contribution in [0.5, 0.6) is 0 Å². The van der Waals surface area contributed by atoms with Gasteiger partial charge in [0.05, 0.1) is 5.69 Å². The van der Waals surface area contributed by atoms with Gasteiger partial charge in [0.2, 0.25) is 0 Å². The maximum atomic E-state index is 5.99. The van der Waals surface area contributed by atoms with E-state index in [1.54, 1.807) is 0 Å². The maximum Gasteiger partial charge on any atom is 0.0517 e. The summed E-state index contributed by atoms with van der Waals surface area (Å²) in [5.74, 6) is 5.99. The van der Waals surface area contributed by atoms with E-state index in [9.17, 15) is 0 Å². The molecule has 17 heavy (non-hydrogen) atoms. The number of nitrogens with zero attached hydrogens (tertiary/aromatic N) is 1. The zero-order valence-electron chi connectivity index (χ0n) is 11.1. The summed E-state index contributed by atoms with van der Waals surface area (Å²) in [4.78, 5) is 0. The summed E-state index contributed by atoms with van der Waals surface area (Å²) in [6.07, 6.45) is 9.31. The van der Waals surface area contributed by atoms with Crippen molar-refractivity contribution in [1.29, 1.82) is 0 Å². The lowest BCUT2D eigenvalue weighted by Crippen LogP contribution is -2.31. The van der Waals surface area contributed by atoms with E-state index in [4.69, 9.17) is 5.84 Å². The van der Waals surface area contributed by atoms with Crippen LogP contribution >= 0.6 is 0 Å². The number of hydrogen-bond donors (Lipinski definition) is 1. The molecule has 0 fully saturated rings. The predicted octanol–water partition coefficient (Wildman–Crippen LogP) is 4.12. The van der Waals surface area contributed by atoms with E-state index >= 15 is 0 Å². The van der Waals surface area contributed by atoms with Crippen molar-refractivity contribution in [1.82, 2.24) is 0 Å². The molecule has 0 aliphatic carbocycles. The summed E-state index contributed by atoms with van der Waals surface area (Å²) in [5.41, 5.74) is 1.11. The molecule has 96 valence electrons. The first-order chi connectivity index (χ1) is 8.34. The Labute approximate surface area is 106 Å². The fraction of sp³-hybridized carbons (Fsp3) is 0.600. The Bertz CT molecular complexity index is 272. The fourth-order valence-electron chi connectivity index (χ4n) is 1.99. The summed E-state index contributed by atoms with van der Waals surface area (Å²) in [7, 11) is 0. The number of nitrogens with two attached hydrogens (primary N) is 1. The highest BCUT2D eigenvalue weighted by Gasteiger charge is 1.99. The SMILES string of the molecule is CCCCCCCCCN(N)c1ccccc1. The summed E-state index contributed by atoms with van der Waals surface area (Å²) in [5, 5.41) is 1.85. The third-order valence-electron chi connectivity index (χ3n) is 3.09. The van der Waals surface area contributed by atoms with Crippen molar-refractivity contribution in [2.75, 3.05) is 11.6 Å². The molecule has 0 aromatic heterocycles. The van der Waals surface area contributed by atoms with Gasteiger partial charge in [-0.2, -0.15) is 0 Å². The molecule has 0 unspecified atom stereocenters. The zero-order valence-corrected chi connectivity index (χ0v) is 11.1. The molecule has 0 spiro atoms. The van der Waals surface area contributed by atoms with Gasteiger partial charge < -0.3 is 5.01 Å². The molecule has 0 aliphatic rings. The van der Waals surface area contributed by atoms with Crippen molar-refractivity contribution >= 4 is 5.69 Å². The van der Waals surface area contributed by atoms with Crippen LogP contribution in [0.2, 0.25) is 0 Å². The van der Waals surface area contributed by atoms with Crippen molar-refractivity contribution in [2.24, 2.45) is 5.84 Å². The minimum absolute atomic E-state index is 0.956. The largest absolute Gasteiger partial charge is 0.311 e. The fourth-order valence-corrected chi connectivity index (χ4v) is 1.99. The van der Waals surface area contributed by atoms with E-state index < -0.39 is 0 Å². The number of benzene rings is 1. The van der Waals surface area contributed by atoms with Crippen LogP contribution in [0.25, 0.3) is 0 Å². The molecule has 1 aromatic rings. The zero-order chi connectivity index (χ0) is 12.3. The second-order valence-corrected chi connectivity index (χ2v) is 4.65. The van der Waals surface area contributed by atoms with Crippen molar-refractivity contribution in [3.8, 4) is 0 Å². The van der Waals surface area contributed by atoms with E-state index in [2.05, 4.69) is 19.1 Å². The standard InChI is InChI=1S/C15H26N2/c1-2-3-4-5-6-7-11-14-17(16)15-12-9-8-10-13-15/h8-10,12-13H,2-7,11,14,16H2,1H3. The van der Waals surface area contributed by atoms with Crippen LogP contribution in [0, 0.1) is 0 Å². The molecule has 0 aliphatic heterocycles. The van der Waals surface area contributed by atoms with Crippen molar-refractivity contribution < 1.29 is 0 Å². The minimum atomic E-state index is 0.956. The molecule has 0 heterocycles. The Kier molecular flexibility index (Phi) is 7.48. The van der Waals surface area contributed by atoms with Crippen LogP contribution < -0.4 is 10.9 Å². The molecule has 0 amide bonds. The highest BCUT2D eigenvalue weighted by atomic mass is 15.4. The van der Waals surface area contributed by atoms with Crippen LogP contribution in [0.1, 0.15) is 51.9 Å². The molecule has 0 atom stereocenters. The van der Waals surface area contributed by atoms with Gasteiger partial charge in [0.15, 0.2) is 0 Å². The minimum Gasteiger partial charge on any atom is -0.311 e. The number of hydrogen-bond acceptors (Lipinski definition) is 2. The second-order valence-electron chi connectivity index (χ2n) is 4.65. The molecule has 2 heteroatoms. The molecular weight excluding hydrogens is 208 g/mol. The summed E-state index contributed by atoms with van der Waals surface area (Å²) in [6.45, 7) is 3.21. The molecule has 0 saturated carbocycles. The smallest absolute Gasteiger partial charge is 0.0517 e. The quantitative estimate of drug-likeness (QED) is 0.396. The number of para-hydroxylation sites is 1. The van der Waals surface area contributed by atoms with E-state index in [1.807, 2.05) is 23.2 Å². The lowest BCUT2D eigenvalue weighted by atomic mass is 10.1. The number of hydrazine groups is 1. The third kappa shape index (κ3) is 6.32. The normalized spacial score (nSPS) is 10.5. The van der Waals surface area contributed by atoms with E-state index in [0.717, 1.165) is 12.2 Å². The molecule has 0 saturated heterocycles. The highest BCUT2D eigenvalue weighted by Crippen LogP contribution is 2.11. The summed E-state index contributed by atoms with van der Waals surface area (Å²) in [6, 6.07) is 10.2. The van der Waals surface area contributed by atoms with E-state index in [0.29, 0.717) is 0 Å². The van der Waals surface area contributed by atoms with Gasteiger partial charge in [-0.1, -0.05) is 63.6 Å². The second kappa shape index (κ2) is 9.06. The van der Waals surface area contributed by atoms with Crippen LogP contribution in [-0.2, 0) is 0 Å². The molecule has 0 radical (unpaired) electrons. The monoisotopic (exact) mass is 234 g/mol. The van der Waals surface area contributed by atoms with Gasteiger partial charge in [-0.05, 0) is 18.6 Å². The molecule has 1 aromatic carbocycles. The average molecular weight is 234 g/mol. The van der Waals surface area contributed by atoms with Crippen LogP contribution in [-0.4, -0.2) is 6.54 Å². The lowest BCUT2D eigenvalue weighted by molar-refractivity contribution is 0.585. The van der Waals surface area contributed by atoms with Crippen LogP contribution in [0.15, 0.2) is 30.3 Å². The molecule has 2 N–H and O–H groups in total. The lowest BCUT2D eigenvalue weighted by Gasteiger charge is -2.18. The molecule has 2 nitrogen and oxygen atoms in total. The van der Waals surface area contributed by atoms with Gasteiger partial charge in [-0.15, -0.1) is 0 Å². The third-order valence-corrected chi connectivity index (χ3v) is 3.09. The highest BCUT2D eigenvalue weighted by molar-refractivity contribution is 5.43. The first-order valence-electron chi connectivity index (χ1n) is 6.92. The van der Waals surface area contributed by atoms with Gasteiger partial charge >= 0.3 is 0 Å².